The molecule has 1 aromatic carbocycles. The van der Waals surface area contributed by atoms with E-state index in [1.54, 1.807) is 42.1 Å². The largest absolute Gasteiger partial charge is 0.310 e. The maximum atomic E-state index is 13.8. The van der Waals surface area contributed by atoms with Crippen molar-refractivity contribution >= 4 is 23.5 Å². The van der Waals surface area contributed by atoms with Gasteiger partial charge in [0.05, 0.1) is 17.0 Å². The summed E-state index contributed by atoms with van der Waals surface area (Å²) in [5.41, 5.74) is 0.338. The first-order valence-corrected chi connectivity index (χ1v) is 9.02. The third-order valence-electron chi connectivity index (χ3n) is 3.66. The summed E-state index contributed by atoms with van der Waals surface area (Å²) in [6.45, 7) is 5.73. The molecule has 1 amide bonds. The molecule has 3 aromatic rings. The minimum absolute atomic E-state index is 0.139. The molecule has 0 bridgehead atoms. The van der Waals surface area contributed by atoms with E-state index in [0.717, 1.165) is 0 Å². The number of aromatic amines is 1. The van der Waals surface area contributed by atoms with Crippen molar-refractivity contribution in [2.24, 2.45) is 0 Å². The third-order valence-corrected chi connectivity index (χ3v) is 4.62. The van der Waals surface area contributed by atoms with Gasteiger partial charge in [-0.2, -0.15) is 5.10 Å². The second kappa shape index (κ2) is 7.69. The molecule has 2 aromatic heterocycles. The molecular formula is C17H19FN6OS. The van der Waals surface area contributed by atoms with Crippen LogP contribution in [0.5, 0.6) is 0 Å². The number of H-pyrrole nitrogens is 1. The number of amides is 1. The first kappa shape index (κ1) is 18.1. The van der Waals surface area contributed by atoms with E-state index in [4.69, 9.17) is 0 Å². The zero-order valence-corrected chi connectivity index (χ0v) is 15.4. The molecule has 2 N–H and O–H groups in total. The molecule has 9 heteroatoms. The van der Waals surface area contributed by atoms with Gasteiger partial charge in [0.2, 0.25) is 11.1 Å². The van der Waals surface area contributed by atoms with E-state index >= 15 is 0 Å². The van der Waals surface area contributed by atoms with Crippen molar-refractivity contribution in [3.63, 3.8) is 0 Å². The van der Waals surface area contributed by atoms with Crippen LogP contribution in [0.25, 0.3) is 11.4 Å². The molecule has 0 unspecified atom stereocenters. The number of hydrogen-bond acceptors (Lipinski definition) is 5. The first-order chi connectivity index (χ1) is 12.5. The van der Waals surface area contributed by atoms with Crippen molar-refractivity contribution in [1.29, 1.82) is 0 Å². The van der Waals surface area contributed by atoms with Gasteiger partial charge in [-0.1, -0.05) is 23.9 Å². The number of benzene rings is 1. The average Bonchev–Trinajstić information content (AvgIpc) is 3.24. The minimum atomic E-state index is -0.435. The number of aromatic nitrogens is 5. The zero-order valence-electron chi connectivity index (χ0n) is 14.6. The quantitative estimate of drug-likeness (QED) is 0.645. The Balaban J connectivity index is 1.66. The van der Waals surface area contributed by atoms with Crippen molar-refractivity contribution in [2.45, 2.75) is 37.2 Å². The van der Waals surface area contributed by atoms with Crippen LogP contribution < -0.4 is 5.32 Å². The summed E-state index contributed by atoms with van der Waals surface area (Å²) in [6.07, 6.45) is 1.64. The molecule has 136 valence electrons. The van der Waals surface area contributed by atoms with Crippen LogP contribution >= 0.6 is 11.8 Å². The Kier molecular flexibility index (Phi) is 5.36. The summed E-state index contributed by atoms with van der Waals surface area (Å²) >= 11 is 1.19. The van der Waals surface area contributed by atoms with Gasteiger partial charge in [-0.15, -0.1) is 5.10 Å². The normalized spacial score (nSPS) is 12.3. The predicted molar refractivity (Wildman–Crippen MR) is 98.3 cm³/mol. The van der Waals surface area contributed by atoms with Crippen molar-refractivity contribution in [2.75, 3.05) is 5.32 Å². The Labute approximate surface area is 154 Å². The highest BCUT2D eigenvalue weighted by Gasteiger charge is 2.20. The van der Waals surface area contributed by atoms with Crippen molar-refractivity contribution in [3.05, 3.63) is 42.3 Å². The molecule has 0 radical (unpaired) electrons. The Morgan fingerprint density at radius 1 is 1.27 bits per heavy atom. The molecule has 1 atom stereocenters. The van der Waals surface area contributed by atoms with Gasteiger partial charge in [-0.05, 0) is 32.9 Å². The second-order valence-corrected chi connectivity index (χ2v) is 7.26. The van der Waals surface area contributed by atoms with Crippen molar-refractivity contribution in [3.8, 4) is 11.4 Å². The molecule has 2 heterocycles. The summed E-state index contributed by atoms with van der Waals surface area (Å²) < 4.78 is 15.6. The molecule has 26 heavy (non-hydrogen) atoms. The van der Waals surface area contributed by atoms with E-state index in [2.05, 4.69) is 25.6 Å². The van der Waals surface area contributed by atoms with Gasteiger partial charge >= 0.3 is 0 Å². The Morgan fingerprint density at radius 2 is 2.04 bits per heavy atom. The Morgan fingerprint density at radius 3 is 2.77 bits per heavy atom. The average molecular weight is 374 g/mol. The maximum absolute atomic E-state index is 13.8. The fourth-order valence-corrected chi connectivity index (χ4v) is 3.06. The minimum Gasteiger partial charge on any atom is -0.310 e. The molecule has 7 nitrogen and oxygen atoms in total. The highest BCUT2D eigenvalue weighted by atomic mass is 32.2. The molecule has 0 aliphatic heterocycles. The smallest absolute Gasteiger partial charge is 0.238 e. The van der Waals surface area contributed by atoms with Crippen LogP contribution in [0.3, 0.4) is 0 Å². The van der Waals surface area contributed by atoms with Crippen molar-refractivity contribution in [1.82, 2.24) is 25.0 Å². The second-order valence-electron chi connectivity index (χ2n) is 5.95. The van der Waals surface area contributed by atoms with Gasteiger partial charge in [0, 0.05) is 12.1 Å². The lowest BCUT2D eigenvalue weighted by Crippen LogP contribution is -2.24. The third kappa shape index (κ3) is 3.93. The van der Waals surface area contributed by atoms with E-state index in [-0.39, 0.29) is 17.8 Å². The van der Waals surface area contributed by atoms with Crippen LogP contribution in [-0.4, -0.2) is 36.1 Å². The maximum Gasteiger partial charge on any atom is 0.238 e. The van der Waals surface area contributed by atoms with Crippen molar-refractivity contribution < 1.29 is 9.18 Å². The van der Waals surface area contributed by atoms with Gasteiger partial charge in [-0.25, -0.2) is 14.1 Å². The molecule has 3 rings (SSSR count). The van der Waals surface area contributed by atoms with E-state index in [1.165, 1.54) is 17.8 Å². The van der Waals surface area contributed by atoms with Gasteiger partial charge < -0.3 is 5.32 Å². The molecule has 0 fully saturated rings. The number of anilines is 1. The SMILES string of the molecule is CC(C)n1nccc1NC(=O)[C@@H](C)Sc1n[nH]c(-c2ccccc2F)n1. The van der Waals surface area contributed by atoms with Gasteiger partial charge in [-0.3, -0.25) is 9.89 Å². The molecule has 0 aliphatic carbocycles. The van der Waals surface area contributed by atoms with Crippen LogP contribution in [0.4, 0.5) is 10.2 Å². The Hall–Kier alpha value is -2.68. The number of rotatable bonds is 6. The topological polar surface area (TPSA) is 88.5 Å². The summed E-state index contributed by atoms with van der Waals surface area (Å²) in [6, 6.07) is 8.20. The van der Waals surface area contributed by atoms with Gasteiger partial charge in [0.15, 0.2) is 5.82 Å². The fraction of sp³-hybridized carbons (Fsp3) is 0.294. The lowest BCUT2D eigenvalue weighted by atomic mass is 10.2. The molecule has 0 spiro atoms. The number of carbonyl (C=O) groups excluding carboxylic acids is 1. The monoisotopic (exact) mass is 374 g/mol. The van der Waals surface area contributed by atoms with Crippen LogP contribution in [-0.2, 0) is 4.79 Å². The summed E-state index contributed by atoms with van der Waals surface area (Å²) in [4.78, 5) is 16.7. The number of nitrogens with zero attached hydrogens (tertiary/aromatic N) is 4. The van der Waals surface area contributed by atoms with E-state index in [9.17, 15) is 9.18 Å². The predicted octanol–water partition coefficient (Wildman–Crippen LogP) is 3.51. The van der Waals surface area contributed by atoms with Crippen LogP contribution in [0, 0.1) is 5.82 Å². The number of carbonyl (C=O) groups is 1. The lowest BCUT2D eigenvalue weighted by molar-refractivity contribution is -0.115. The fourth-order valence-electron chi connectivity index (χ4n) is 2.34. The Bertz CT molecular complexity index is 906. The summed E-state index contributed by atoms with van der Waals surface area (Å²) in [7, 11) is 0. The van der Waals surface area contributed by atoms with Gasteiger partial charge in [0.25, 0.3) is 0 Å². The number of nitrogens with one attached hydrogen (secondary N) is 2. The van der Waals surface area contributed by atoms with Gasteiger partial charge in [0.1, 0.15) is 11.6 Å². The molecule has 0 saturated carbocycles. The van der Waals surface area contributed by atoms with E-state index in [1.807, 2.05) is 13.8 Å². The highest BCUT2D eigenvalue weighted by molar-refractivity contribution is 8.00. The standard InChI is InChI=1S/C17H19FN6OS/c1-10(2)24-14(8-9-19-24)20-16(25)11(3)26-17-21-15(22-23-17)12-6-4-5-7-13(12)18/h4-11H,1-3H3,(H,20,25)(H,21,22,23)/t11-/m1/s1. The lowest BCUT2D eigenvalue weighted by Gasteiger charge is -2.14. The van der Waals surface area contributed by atoms with E-state index < -0.39 is 5.25 Å². The number of halogens is 1. The summed E-state index contributed by atoms with van der Waals surface area (Å²) in [5, 5.41) is 13.8. The number of hydrogen-bond donors (Lipinski definition) is 2. The molecule has 0 saturated heterocycles. The first-order valence-electron chi connectivity index (χ1n) is 8.14. The van der Waals surface area contributed by atoms with Crippen LogP contribution in [0.2, 0.25) is 0 Å². The molecule has 0 aliphatic rings. The van der Waals surface area contributed by atoms with E-state index in [0.29, 0.717) is 22.4 Å². The van der Waals surface area contributed by atoms with Crippen LogP contribution in [0.1, 0.15) is 26.8 Å². The number of thioether (sulfide) groups is 1. The zero-order chi connectivity index (χ0) is 18.7. The highest BCUT2D eigenvalue weighted by Crippen LogP contribution is 2.25. The molecular weight excluding hydrogens is 355 g/mol. The van der Waals surface area contributed by atoms with Crippen LogP contribution in [0.15, 0.2) is 41.7 Å². The summed E-state index contributed by atoms with van der Waals surface area (Å²) in [5.74, 6) is 0.401.